The molecule has 126 valence electrons. The predicted molar refractivity (Wildman–Crippen MR) is 102 cm³/mol. The van der Waals surface area contributed by atoms with E-state index in [0.29, 0.717) is 12.3 Å². The number of fused-ring (bicyclic) bond motifs is 1. The second kappa shape index (κ2) is 6.76. The van der Waals surface area contributed by atoms with Crippen molar-refractivity contribution in [3.63, 3.8) is 0 Å². The molecular weight excluding hydrogens is 330 g/mol. The lowest BCUT2D eigenvalue weighted by molar-refractivity contribution is -0.115. The van der Waals surface area contributed by atoms with Crippen LogP contribution in [0.25, 0.3) is 27.7 Å². The lowest BCUT2D eigenvalue weighted by Gasteiger charge is -2.22. The summed E-state index contributed by atoms with van der Waals surface area (Å²) in [5, 5.41) is 5.29. The van der Waals surface area contributed by atoms with Crippen LogP contribution in [0.2, 0.25) is 0 Å². The Balaban J connectivity index is 1.74. The molecule has 4 nitrogen and oxygen atoms in total. The molecule has 0 aromatic carbocycles. The molecule has 1 aliphatic carbocycles. The number of hydrogen-bond acceptors (Lipinski definition) is 4. The lowest BCUT2D eigenvalue weighted by Crippen LogP contribution is -2.11. The highest BCUT2D eigenvalue weighted by Gasteiger charge is 2.22. The Bertz CT molecular complexity index is 953. The van der Waals surface area contributed by atoms with Gasteiger partial charge in [-0.25, -0.2) is 9.97 Å². The van der Waals surface area contributed by atoms with Crippen molar-refractivity contribution in [2.24, 2.45) is 5.92 Å². The van der Waals surface area contributed by atoms with Crippen LogP contribution in [-0.2, 0) is 4.79 Å². The van der Waals surface area contributed by atoms with Crippen LogP contribution in [0, 0.1) is 5.92 Å². The second-order valence-corrected chi connectivity index (χ2v) is 7.19. The topological polar surface area (TPSA) is 58.6 Å². The summed E-state index contributed by atoms with van der Waals surface area (Å²) in [6, 6.07) is 2.12. The quantitative estimate of drug-likeness (QED) is 0.658. The number of aromatic amines is 1. The molecule has 3 heterocycles. The van der Waals surface area contributed by atoms with E-state index in [2.05, 4.69) is 44.4 Å². The van der Waals surface area contributed by atoms with Gasteiger partial charge in [0.1, 0.15) is 12.0 Å². The maximum absolute atomic E-state index is 11.7. The molecule has 25 heavy (non-hydrogen) atoms. The summed E-state index contributed by atoms with van der Waals surface area (Å²) in [6.07, 6.45) is 10.8. The summed E-state index contributed by atoms with van der Waals surface area (Å²) in [4.78, 5) is 24.0. The van der Waals surface area contributed by atoms with Crippen molar-refractivity contribution in [2.75, 3.05) is 0 Å². The zero-order valence-electron chi connectivity index (χ0n) is 13.9. The van der Waals surface area contributed by atoms with Gasteiger partial charge in [0.05, 0.1) is 11.1 Å². The number of aromatic nitrogens is 3. The van der Waals surface area contributed by atoms with E-state index in [9.17, 15) is 4.79 Å². The van der Waals surface area contributed by atoms with Gasteiger partial charge in [0, 0.05) is 18.2 Å². The number of thiophene rings is 1. The zero-order chi connectivity index (χ0) is 17.2. The Morgan fingerprint density at radius 1 is 1.44 bits per heavy atom. The highest BCUT2D eigenvalue weighted by atomic mass is 32.1. The molecule has 0 saturated heterocycles. The molecule has 5 heteroatoms. The molecule has 1 N–H and O–H groups in total. The van der Waals surface area contributed by atoms with Crippen LogP contribution in [0.3, 0.4) is 0 Å². The van der Waals surface area contributed by atoms with Gasteiger partial charge in [-0.1, -0.05) is 12.7 Å². The molecular formula is C20H19N3OS. The van der Waals surface area contributed by atoms with E-state index in [4.69, 9.17) is 0 Å². The number of hydrogen-bond donors (Lipinski definition) is 1. The fourth-order valence-electron chi connectivity index (χ4n) is 3.58. The minimum atomic E-state index is 0.125. The van der Waals surface area contributed by atoms with E-state index in [-0.39, 0.29) is 5.78 Å². The first-order chi connectivity index (χ1) is 12.3. The number of H-pyrrole nitrogens is 1. The first-order valence-corrected chi connectivity index (χ1v) is 9.40. The minimum Gasteiger partial charge on any atom is -0.345 e. The first kappa shape index (κ1) is 16.0. The van der Waals surface area contributed by atoms with E-state index in [1.54, 1.807) is 17.7 Å². The van der Waals surface area contributed by atoms with Gasteiger partial charge in [-0.05, 0) is 59.2 Å². The van der Waals surface area contributed by atoms with Gasteiger partial charge in [-0.3, -0.25) is 4.79 Å². The Labute approximate surface area is 150 Å². The average molecular weight is 349 g/mol. The van der Waals surface area contributed by atoms with E-state index in [1.807, 2.05) is 6.20 Å². The van der Waals surface area contributed by atoms with Crippen molar-refractivity contribution in [3.8, 4) is 11.1 Å². The molecule has 1 atom stereocenters. The summed E-state index contributed by atoms with van der Waals surface area (Å²) >= 11 is 1.68. The Kier molecular flexibility index (Phi) is 4.32. The molecule has 0 spiro atoms. The monoisotopic (exact) mass is 349 g/mol. The van der Waals surface area contributed by atoms with Crippen molar-refractivity contribution < 1.29 is 4.79 Å². The highest BCUT2D eigenvalue weighted by Crippen LogP contribution is 2.38. The fourth-order valence-corrected chi connectivity index (χ4v) is 4.23. The summed E-state index contributed by atoms with van der Waals surface area (Å²) in [6.45, 7) is 3.59. The van der Waals surface area contributed by atoms with Gasteiger partial charge < -0.3 is 4.98 Å². The van der Waals surface area contributed by atoms with E-state index < -0.39 is 0 Å². The number of ketones is 1. The number of carbonyl (C=O) groups excluding carboxylic acids is 1. The number of rotatable bonds is 5. The maximum Gasteiger partial charge on any atom is 0.155 e. The zero-order valence-corrected chi connectivity index (χ0v) is 14.7. The largest absolute Gasteiger partial charge is 0.345 e. The molecule has 0 fully saturated rings. The molecule has 3 aromatic rings. The van der Waals surface area contributed by atoms with Crippen LogP contribution in [0.5, 0.6) is 0 Å². The summed E-state index contributed by atoms with van der Waals surface area (Å²) in [7, 11) is 0. The Hall–Kier alpha value is -2.53. The van der Waals surface area contributed by atoms with Gasteiger partial charge >= 0.3 is 0 Å². The Morgan fingerprint density at radius 3 is 3.16 bits per heavy atom. The molecule has 1 unspecified atom stereocenters. The third-order valence-electron chi connectivity index (χ3n) is 4.80. The van der Waals surface area contributed by atoms with Gasteiger partial charge in [-0.15, -0.1) is 0 Å². The maximum atomic E-state index is 11.7. The van der Waals surface area contributed by atoms with Crippen molar-refractivity contribution in [1.29, 1.82) is 0 Å². The third-order valence-corrected chi connectivity index (χ3v) is 5.48. The van der Waals surface area contributed by atoms with Crippen molar-refractivity contribution >= 4 is 33.7 Å². The summed E-state index contributed by atoms with van der Waals surface area (Å²) in [5.41, 5.74) is 5.38. The molecule has 0 saturated carbocycles. The van der Waals surface area contributed by atoms with E-state index in [1.165, 1.54) is 17.2 Å². The van der Waals surface area contributed by atoms with Crippen LogP contribution in [-0.4, -0.2) is 20.7 Å². The van der Waals surface area contributed by atoms with Crippen LogP contribution in [0.1, 0.15) is 31.4 Å². The first-order valence-electron chi connectivity index (χ1n) is 8.45. The van der Waals surface area contributed by atoms with Crippen molar-refractivity contribution in [1.82, 2.24) is 15.0 Å². The number of carbonyl (C=O) groups is 1. The molecule has 3 aromatic heterocycles. The number of nitrogens with one attached hydrogen (secondary N) is 1. The predicted octanol–water partition coefficient (Wildman–Crippen LogP) is 5.02. The number of nitrogens with zero attached hydrogens (tertiary/aromatic N) is 2. The SMILES string of the molecule is C=CC(=O)CC1CCC=C(c2ncnc3[nH]cc(-c4ccsc4)c23)C1. The van der Waals surface area contributed by atoms with Crippen molar-refractivity contribution in [3.05, 3.63) is 53.8 Å². The van der Waals surface area contributed by atoms with Crippen LogP contribution < -0.4 is 0 Å². The van der Waals surface area contributed by atoms with Crippen LogP contribution in [0.4, 0.5) is 0 Å². The number of allylic oxidation sites excluding steroid dienone is 3. The molecule has 0 radical (unpaired) electrons. The molecule has 0 bridgehead atoms. The fraction of sp³-hybridized carbons (Fsp3) is 0.250. The van der Waals surface area contributed by atoms with Gasteiger partial charge in [0.25, 0.3) is 0 Å². The molecule has 4 rings (SSSR count). The molecule has 0 aliphatic heterocycles. The highest BCUT2D eigenvalue weighted by molar-refractivity contribution is 7.08. The summed E-state index contributed by atoms with van der Waals surface area (Å²) < 4.78 is 0. The van der Waals surface area contributed by atoms with Crippen molar-refractivity contribution in [2.45, 2.75) is 25.7 Å². The van der Waals surface area contributed by atoms with Crippen LogP contribution >= 0.6 is 11.3 Å². The Morgan fingerprint density at radius 2 is 2.36 bits per heavy atom. The lowest BCUT2D eigenvalue weighted by atomic mass is 9.83. The van der Waals surface area contributed by atoms with Gasteiger partial charge in [0.2, 0.25) is 0 Å². The standard InChI is InChI=1S/C20H19N3OS/c1-2-16(24)9-13-4-3-5-14(8-13)19-18-17(15-6-7-25-11-15)10-21-20(18)23-12-22-19/h2,5-7,10-13H,1,3-4,8-9H2,(H,21,22,23). The normalized spacial score (nSPS) is 17.4. The van der Waals surface area contributed by atoms with Gasteiger partial charge in [0.15, 0.2) is 5.78 Å². The smallest absolute Gasteiger partial charge is 0.155 e. The molecule has 1 aliphatic rings. The average Bonchev–Trinajstić information content (AvgIpc) is 3.30. The second-order valence-electron chi connectivity index (χ2n) is 6.41. The van der Waals surface area contributed by atoms with Crippen LogP contribution in [0.15, 0.2) is 48.1 Å². The van der Waals surface area contributed by atoms with E-state index >= 15 is 0 Å². The third kappa shape index (κ3) is 3.07. The van der Waals surface area contributed by atoms with Gasteiger partial charge in [-0.2, -0.15) is 11.3 Å². The summed E-state index contributed by atoms with van der Waals surface area (Å²) in [5.74, 6) is 0.485. The minimum absolute atomic E-state index is 0.125. The van der Waals surface area contributed by atoms with E-state index in [0.717, 1.165) is 41.6 Å². The molecule has 0 amide bonds.